The number of unbranched alkanes of at least 4 members (excludes halogenated alkanes) is 10. The van der Waals surface area contributed by atoms with E-state index >= 15 is 0 Å². The molecule has 0 spiro atoms. The summed E-state index contributed by atoms with van der Waals surface area (Å²) in [7, 11) is 0. The maximum Gasteiger partial charge on any atom is 0.313 e. The minimum Gasteiger partial charge on any atom is -0.461 e. The number of hydrogen-bond donors (Lipinski definition) is 1. The molecule has 0 aromatic heterocycles. The molecule has 1 N–H and O–H groups in total. The van der Waals surface area contributed by atoms with E-state index in [-0.39, 0.29) is 24.1 Å². The van der Waals surface area contributed by atoms with E-state index in [1.165, 1.54) is 51.4 Å². The Balaban J connectivity index is 1.99. The van der Waals surface area contributed by atoms with Crippen LogP contribution < -0.4 is 0 Å². The molecule has 0 aromatic rings. The summed E-state index contributed by atoms with van der Waals surface area (Å²) in [5.41, 5.74) is 0. The van der Waals surface area contributed by atoms with Crippen LogP contribution in [0, 0.1) is 18.3 Å². The lowest BCUT2D eigenvalue weighted by atomic mass is 9.86. The van der Waals surface area contributed by atoms with Gasteiger partial charge in [0, 0.05) is 12.8 Å². The average Bonchev–Trinajstić information content (AvgIpc) is 2.59. The number of hydrogen-bond acceptors (Lipinski definition) is 3. The molecular formula is C22H38O3. The zero-order chi connectivity index (χ0) is 18.3. The SMILES string of the molecule is C#CCCCCCCCCC[C@H](O)C[C@H]1OC(=O)[C@@H]1CCCCCC. The largest absolute Gasteiger partial charge is 0.461 e. The van der Waals surface area contributed by atoms with Crippen LogP contribution in [0.15, 0.2) is 0 Å². The van der Waals surface area contributed by atoms with Gasteiger partial charge in [0.2, 0.25) is 0 Å². The van der Waals surface area contributed by atoms with E-state index in [9.17, 15) is 9.90 Å². The molecule has 0 saturated carbocycles. The molecule has 1 heterocycles. The third-order valence-electron chi connectivity index (χ3n) is 5.25. The van der Waals surface area contributed by atoms with Crippen molar-refractivity contribution in [3.63, 3.8) is 0 Å². The topological polar surface area (TPSA) is 46.5 Å². The van der Waals surface area contributed by atoms with Gasteiger partial charge in [-0.2, -0.15) is 0 Å². The van der Waals surface area contributed by atoms with Gasteiger partial charge in [0.1, 0.15) is 6.10 Å². The number of carbonyl (C=O) groups excluding carboxylic acids is 1. The van der Waals surface area contributed by atoms with Crippen LogP contribution in [0.1, 0.15) is 103 Å². The van der Waals surface area contributed by atoms with Gasteiger partial charge in [-0.3, -0.25) is 4.79 Å². The van der Waals surface area contributed by atoms with Gasteiger partial charge in [0.25, 0.3) is 0 Å². The number of rotatable bonds is 16. The molecule has 3 heteroatoms. The van der Waals surface area contributed by atoms with Gasteiger partial charge in [-0.25, -0.2) is 0 Å². The van der Waals surface area contributed by atoms with Crippen molar-refractivity contribution in [3.05, 3.63) is 0 Å². The number of terminal acetylenes is 1. The summed E-state index contributed by atoms with van der Waals surface area (Å²) in [5, 5.41) is 10.2. The highest BCUT2D eigenvalue weighted by atomic mass is 16.6. The Labute approximate surface area is 154 Å². The summed E-state index contributed by atoms with van der Waals surface area (Å²) in [6.07, 6.45) is 21.3. The second kappa shape index (κ2) is 14.2. The zero-order valence-electron chi connectivity index (χ0n) is 16.2. The van der Waals surface area contributed by atoms with Crippen molar-refractivity contribution in [1.29, 1.82) is 0 Å². The molecule has 0 amide bonds. The molecule has 0 aromatic carbocycles. The van der Waals surface area contributed by atoms with Crippen molar-refractivity contribution in [3.8, 4) is 12.3 Å². The second-order valence-corrected chi connectivity index (χ2v) is 7.54. The number of aliphatic hydroxyl groups is 1. The third-order valence-corrected chi connectivity index (χ3v) is 5.25. The van der Waals surface area contributed by atoms with Gasteiger partial charge in [-0.15, -0.1) is 12.3 Å². The van der Waals surface area contributed by atoms with Crippen molar-refractivity contribution in [2.75, 3.05) is 0 Å². The van der Waals surface area contributed by atoms with E-state index in [0.717, 1.165) is 38.5 Å². The van der Waals surface area contributed by atoms with Crippen molar-refractivity contribution in [2.24, 2.45) is 5.92 Å². The first-order chi connectivity index (χ1) is 12.2. The van der Waals surface area contributed by atoms with Crippen molar-refractivity contribution < 1.29 is 14.6 Å². The summed E-state index contributed by atoms with van der Waals surface area (Å²) >= 11 is 0. The fourth-order valence-corrected chi connectivity index (χ4v) is 3.58. The summed E-state index contributed by atoms with van der Waals surface area (Å²) in [4.78, 5) is 11.6. The Bertz CT molecular complexity index is 385. The van der Waals surface area contributed by atoms with E-state index in [2.05, 4.69) is 12.8 Å². The molecule has 0 unspecified atom stereocenters. The van der Waals surface area contributed by atoms with E-state index in [4.69, 9.17) is 11.2 Å². The Morgan fingerprint density at radius 1 is 1.04 bits per heavy atom. The summed E-state index contributed by atoms with van der Waals surface area (Å²) < 4.78 is 5.26. The average molecular weight is 351 g/mol. The van der Waals surface area contributed by atoms with Gasteiger partial charge >= 0.3 is 5.97 Å². The van der Waals surface area contributed by atoms with E-state index < -0.39 is 0 Å². The smallest absolute Gasteiger partial charge is 0.313 e. The monoisotopic (exact) mass is 350 g/mol. The maximum atomic E-state index is 11.6. The molecule has 1 fully saturated rings. The lowest BCUT2D eigenvalue weighted by molar-refractivity contribution is -0.188. The van der Waals surface area contributed by atoms with Crippen LogP contribution in [0.3, 0.4) is 0 Å². The molecule has 0 bridgehead atoms. The van der Waals surface area contributed by atoms with Crippen LogP contribution in [0.2, 0.25) is 0 Å². The molecule has 1 aliphatic rings. The van der Waals surface area contributed by atoms with Crippen LogP contribution in [-0.2, 0) is 9.53 Å². The van der Waals surface area contributed by atoms with E-state index in [1.807, 2.05) is 0 Å². The summed E-state index contributed by atoms with van der Waals surface area (Å²) in [6.45, 7) is 2.19. The molecule has 3 nitrogen and oxygen atoms in total. The van der Waals surface area contributed by atoms with Crippen LogP contribution in [0.25, 0.3) is 0 Å². The maximum absolute atomic E-state index is 11.6. The zero-order valence-corrected chi connectivity index (χ0v) is 16.2. The minimum atomic E-state index is -0.327. The normalized spacial score (nSPS) is 20.6. The van der Waals surface area contributed by atoms with Crippen LogP contribution >= 0.6 is 0 Å². The van der Waals surface area contributed by atoms with Crippen LogP contribution in [-0.4, -0.2) is 23.3 Å². The van der Waals surface area contributed by atoms with Crippen molar-refractivity contribution in [2.45, 2.75) is 115 Å². The van der Waals surface area contributed by atoms with Gasteiger partial charge < -0.3 is 9.84 Å². The summed E-state index contributed by atoms with van der Waals surface area (Å²) in [6, 6.07) is 0. The lowest BCUT2D eigenvalue weighted by Gasteiger charge is -2.36. The predicted octanol–water partition coefficient (Wildman–Crippen LogP) is 5.39. The first kappa shape index (κ1) is 22.0. The first-order valence-corrected chi connectivity index (χ1v) is 10.5. The molecule has 0 aliphatic carbocycles. The van der Waals surface area contributed by atoms with Gasteiger partial charge in [0.15, 0.2) is 0 Å². The predicted molar refractivity (Wildman–Crippen MR) is 103 cm³/mol. The Hall–Kier alpha value is -1.01. The van der Waals surface area contributed by atoms with E-state index in [0.29, 0.717) is 6.42 Å². The lowest BCUT2D eigenvalue weighted by Crippen LogP contribution is -2.46. The molecule has 1 aliphatic heterocycles. The quantitative estimate of drug-likeness (QED) is 0.230. The number of cyclic esters (lactones) is 1. The number of esters is 1. The number of ether oxygens (including phenoxy) is 1. The van der Waals surface area contributed by atoms with Crippen LogP contribution in [0.4, 0.5) is 0 Å². The van der Waals surface area contributed by atoms with Crippen molar-refractivity contribution in [1.82, 2.24) is 0 Å². The molecule has 1 saturated heterocycles. The highest BCUT2D eigenvalue weighted by Crippen LogP contribution is 2.31. The fourth-order valence-electron chi connectivity index (χ4n) is 3.58. The molecule has 0 radical (unpaired) electrons. The van der Waals surface area contributed by atoms with Gasteiger partial charge in [-0.05, 0) is 19.3 Å². The highest BCUT2D eigenvalue weighted by molar-refractivity contribution is 5.78. The Morgan fingerprint density at radius 2 is 1.68 bits per heavy atom. The highest BCUT2D eigenvalue weighted by Gasteiger charge is 2.42. The summed E-state index contributed by atoms with van der Waals surface area (Å²) in [5.74, 6) is 2.66. The second-order valence-electron chi connectivity index (χ2n) is 7.54. The third kappa shape index (κ3) is 9.90. The molecule has 3 atom stereocenters. The Kier molecular flexibility index (Phi) is 12.5. The number of aliphatic hydroxyl groups excluding tert-OH is 1. The van der Waals surface area contributed by atoms with E-state index in [1.54, 1.807) is 0 Å². The van der Waals surface area contributed by atoms with Gasteiger partial charge in [0.05, 0.1) is 12.0 Å². The molecule has 144 valence electrons. The minimum absolute atomic E-state index is 0.0366. The Morgan fingerprint density at radius 3 is 2.32 bits per heavy atom. The first-order valence-electron chi connectivity index (χ1n) is 10.5. The number of carbonyl (C=O) groups is 1. The standard InChI is InChI=1S/C22H38O3/c1-3-5-7-9-10-11-12-13-14-16-19(23)18-21-20(22(24)25-21)17-15-8-6-4-2/h1,19-21,23H,4-18H2,2H3/t19-,20+,21+/m0/s1. The van der Waals surface area contributed by atoms with Crippen LogP contribution in [0.5, 0.6) is 0 Å². The molecule has 1 rings (SSSR count). The molecular weight excluding hydrogens is 312 g/mol. The fraction of sp³-hybridized carbons (Fsp3) is 0.864. The molecule has 25 heavy (non-hydrogen) atoms. The van der Waals surface area contributed by atoms with Gasteiger partial charge in [-0.1, -0.05) is 71.1 Å². The van der Waals surface area contributed by atoms with Crippen molar-refractivity contribution >= 4 is 5.97 Å².